The van der Waals surface area contributed by atoms with E-state index in [1.54, 1.807) is 0 Å². The Kier molecular flexibility index (Phi) is 5.52. The molecule has 6 nitrogen and oxygen atoms in total. The Morgan fingerprint density at radius 3 is 2.79 bits per heavy atom. The molecule has 1 aromatic heterocycles. The van der Waals surface area contributed by atoms with Crippen molar-refractivity contribution in [2.24, 2.45) is 5.92 Å². The molecule has 0 amide bonds. The summed E-state index contributed by atoms with van der Waals surface area (Å²) in [7, 11) is 0. The summed E-state index contributed by atoms with van der Waals surface area (Å²) in [5.41, 5.74) is -0.140. The monoisotopic (exact) mass is 282 g/mol. The summed E-state index contributed by atoms with van der Waals surface area (Å²) in [6.07, 6.45) is 1.53. The minimum atomic E-state index is -0.537. The lowest BCUT2D eigenvalue weighted by Crippen LogP contribution is -2.29. The zero-order valence-corrected chi connectivity index (χ0v) is 11.6. The zero-order valence-electron chi connectivity index (χ0n) is 10.8. The third-order valence-electron chi connectivity index (χ3n) is 2.40. The van der Waals surface area contributed by atoms with Crippen molar-refractivity contribution >= 4 is 23.1 Å². The van der Waals surface area contributed by atoms with Crippen LogP contribution in [-0.2, 0) is 0 Å². The number of pyridine rings is 1. The molecule has 1 heterocycles. The van der Waals surface area contributed by atoms with E-state index in [0.29, 0.717) is 31.2 Å². The molecule has 102 valence electrons. The van der Waals surface area contributed by atoms with Gasteiger partial charge in [0.05, 0.1) is 22.4 Å². The van der Waals surface area contributed by atoms with E-state index in [-0.39, 0.29) is 10.7 Å². The summed E-state index contributed by atoms with van der Waals surface area (Å²) in [6, 6.07) is 3.35. The summed E-state index contributed by atoms with van der Waals surface area (Å²) in [6.45, 7) is 5.27. The van der Waals surface area contributed by atoms with Crippen molar-refractivity contribution in [3.05, 3.63) is 27.4 Å². The first kappa shape index (κ1) is 15.2. The van der Waals surface area contributed by atoms with Gasteiger partial charge in [-0.3, -0.25) is 10.1 Å². The van der Waals surface area contributed by atoms with Crippen LogP contribution >= 0.6 is 11.6 Å². The molecule has 0 saturated heterocycles. The summed E-state index contributed by atoms with van der Waals surface area (Å²) >= 11 is 6.04. The lowest BCUT2D eigenvalue weighted by atomic mass is 10.2. The van der Waals surface area contributed by atoms with Crippen LogP contribution in [0, 0.1) is 27.4 Å². The fourth-order valence-corrected chi connectivity index (χ4v) is 1.94. The molecule has 0 bridgehead atoms. The van der Waals surface area contributed by atoms with Crippen LogP contribution in [0.15, 0.2) is 12.3 Å². The van der Waals surface area contributed by atoms with Gasteiger partial charge >= 0.3 is 0 Å². The quantitative estimate of drug-likeness (QED) is 0.591. The molecule has 19 heavy (non-hydrogen) atoms. The number of anilines is 1. The molecule has 0 saturated carbocycles. The lowest BCUT2D eigenvalue weighted by Gasteiger charge is -2.25. The zero-order chi connectivity index (χ0) is 14.4. The summed E-state index contributed by atoms with van der Waals surface area (Å²) in [5.74, 6) is 0.850. The van der Waals surface area contributed by atoms with Crippen molar-refractivity contribution in [1.82, 2.24) is 4.98 Å². The van der Waals surface area contributed by atoms with Crippen molar-refractivity contribution in [1.29, 1.82) is 5.26 Å². The van der Waals surface area contributed by atoms with Crippen molar-refractivity contribution in [2.75, 3.05) is 18.0 Å². The minimum Gasteiger partial charge on any atom is -0.354 e. The fourth-order valence-electron chi connectivity index (χ4n) is 1.66. The lowest BCUT2D eigenvalue weighted by molar-refractivity contribution is -0.385. The van der Waals surface area contributed by atoms with E-state index in [2.05, 4.69) is 11.1 Å². The minimum absolute atomic E-state index is 0.140. The second kappa shape index (κ2) is 6.90. The number of aromatic nitrogens is 1. The van der Waals surface area contributed by atoms with Crippen molar-refractivity contribution < 1.29 is 4.92 Å². The van der Waals surface area contributed by atoms with Crippen LogP contribution in [0.5, 0.6) is 0 Å². The molecule has 0 unspecified atom stereocenters. The first-order valence-electron chi connectivity index (χ1n) is 5.87. The Balaban J connectivity index is 3.01. The fraction of sp³-hybridized carbons (Fsp3) is 0.500. The second-order valence-corrected chi connectivity index (χ2v) is 4.91. The number of nitriles is 1. The molecule has 0 aromatic carbocycles. The van der Waals surface area contributed by atoms with Crippen LogP contribution in [0.25, 0.3) is 0 Å². The van der Waals surface area contributed by atoms with E-state index in [1.807, 2.05) is 18.7 Å². The van der Waals surface area contributed by atoms with Gasteiger partial charge in [-0.05, 0) is 5.92 Å². The van der Waals surface area contributed by atoms with Crippen LogP contribution in [0.4, 0.5) is 11.5 Å². The number of hydrogen-bond acceptors (Lipinski definition) is 5. The third kappa shape index (κ3) is 4.38. The number of nitrogens with zero attached hydrogens (tertiary/aromatic N) is 4. The van der Waals surface area contributed by atoms with Crippen LogP contribution in [0.2, 0.25) is 5.02 Å². The largest absolute Gasteiger partial charge is 0.354 e. The highest BCUT2D eigenvalue weighted by Gasteiger charge is 2.17. The maximum atomic E-state index is 10.6. The van der Waals surface area contributed by atoms with Crippen molar-refractivity contribution in [3.63, 3.8) is 0 Å². The Hall–Kier alpha value is -1.87. The normalized spacial score (nSPS) is 10.3. The number of hydrogen-bond donors (Lipinski definition) is 0. The molecule has 0 aliphatic carbocycles. The van der Waals surface area contributed by atoms with Gasteiger partial charge in [0.15, 0.2) is 0 Å². The Morgan fingerprint density at radius 2 is 2.32 bits per heavy atom. The Labute approximate surface area is 116 Å². The molecule has 0 N–H and O–H groups in total. The highest BCUT2D eigenvalue weighted by atomic mass is 35.5. The predicted octanol–water partition coefficient (Wildman–Crippen LogP) is 3.02. The van der Waals surface area contributed by atoms with Crippen molar-refractivity contribution in [2.45, 2.75) is 20.3 Å². The SMILES string of the molecule is CC(C)CN(CCC#N)c1ncc([N+](=O)[O-])cc1Cl. The molecule has 7 heteroatoms. The van der Waals surface area contributed by atoms with Crippen molar-refractivity contribution in [3.8, 4) is 6.07 Å². The van der Waals surface area contributed by atoms with E-state index >= 15 is 0 Å². The van der Waals surface area contributed by atoms with Gasteiger partial charge in [-0.1, -0.05) is 25.4 Å². The molecule has 0 spiro atoms. The third-order valence-corrected chi connectivity index (χ3v) is 2.67. The Morgan fingerprint density at radius 1 is 1.63 bits per heavy atom. The standard InChI is InChI=1S/C12H15ClN4O2/c1-9(2)8-16(5-3-4-14)12-11(13)6-10(7-15-12)17(18)19/h6-7,9H,3,5,8H2,1-2H3. The molecular formula is C12H15ClN4O2. The highest BCUT2D eigenvalue weighted by Crippen LogP contribution is 2.27. The summed E-state index contributed by atoms with van der Waals surface area (Å²) in [5, 5.41) is 19.5. The topological polar surface area (TPSA) is 83.1 Å². The van der Waals surface area contributed by atoms with Gasteiger partial charge < -0.3 is 4.90 Å². The molecule has 1 aromatic rings. The first-order valence-corrected chi connectivity index (χ1v) is 6.25. The molecule has 0 fully saturated rings. The van der Waals surface area contributed by atoms with Gasteiger partial charge in [-0.25, -0.2) is 4.98 Å². The summed E-state index contributed by atoms with van der Waals surface area (Å²) in [4.78, 5) is 16.0. The van der Waals surface area contributed by atoms with Gasteiger partial charge in [-0.2, -0.15) is 5.26 Å². The molecule has 1 rings (SSSR count). The van der Waals surface area contributed by atoms with E-state index < -0.39 is 4.92 Å². The van der Waals surface area contributed by atoms with E-state index in [4.69, 9.17) is 16.9 Å². The maximum absolute atomic E-state index is 10.6. The van der Waals surface area contributed by atoms with Crippen LogP contribution in [0.3, 0.4) is 0 Å². The van der Waals surface area contributed by atoms with Gasteiger partial charge in [0.25, 0.3) is 5.69 Å². The van der Waals surface area contributed by atoms with Crippen LogP contribution < -0.4 is 4.90 Å². The van der Waals surface area contributed by atoms with Gasteiger partial charge in [0, 0.05) is 19.2 Å². The predicted molar refractivity (Wildman–Crippen MR) is 73.2 cm³/mol. The maximum Gasteiger partial charge on any atom is 0.289 e. The molecule has 0 radical (unpaired) electrons. The van der Waals surface area contributed by atoms with E-state index in [9.17, 15) is 10.1 Å². The number of nitro groups is 1. The smallest absolute Gasteiger partial charge is 0.289 e. The van der Waals surface area contributed by atoms with Crippen LogP contribution in [0.1, 0.15) is 20.3 Å². The first-order chi connectivity index (χ1) is 8.95. The summed E-state index contributed by atoms with van der Waals surface area (Å²) < 4.78 is 0. The van der Waals surface area contributed by atoms with Crippen LogP contribution in [-0.4, -0.2) is 23.0 Å². The van der Waals surface area contributed by atoms with Gasteiger partial charge in [0.2, 0.25) is 0 Å². The molecule has 0 aliphatic heterocycles. The average molecular weight is 283 g/mol. The number of halogens is 1. The Bertz CT molecular complexity index is 499. The second-order valence-electron chi connectivity index (χ2n) is 4.50. The number of rotatable bonds is 6. The molecule has 0 atom stereocenters. The average Bonchev–Trinajstić information content (AvgIpc) is 2.34. The highest BCUT2D eigenvalue weighted by molar-refractivity contribution is 6.33. The van der Waals surface area contributed by atoms with E-state index in [0.717, 1.165) is 0 Å². The van der Waals surface area contributed by atoms with Gasteiger partial charge in [0.1, 0.15) is 12.0 Å². The van der Waals surface area contributed by atoms with Gasteiger partial charge in [-0.15, -0.1) is 0 Å². The molecular weight excluding hydrogens is 268 g/mol. The van der Waals surface area contributed by atoms with E-state index in [1.165, 1.54) is 12.3 Å². The molecule has 0 aliphatic rings.